The molecule has 3 aromatic rings. The topological polar surface area (TPSA) is 42.7 Å². The summed E-state index contributed by atoms with van der Waals surface area (Å²) in [6.45, 7) is 3.98. The largest absolute Gasteiger partial charge is 0.370 e. The van der Waals surface area contributed by atoms with Crippen LogP contribution in [0.1, 0.15) is 16.4 Å². The number of aromatic nitrogens is 3. The predicted octanol–water partition coefficient (Wildman–Crippen LogP) is 3.52. The van der Waals surface area contributed by atoms with Crippen molar-refractivity contribution >= 4 is 17.2 Å². The molecular formula is C16H16N4S. The molecule has 5 heteroatoms. The Hall–Kier alpha value is -2.14. The van der Waals surface area contributed by atoms with Crippen LogP contribution in [0.3, 0.4) is 0 Å². The summed E-state index contributed by atoms with van der Waals surface area (Å²) < 4.78 is 2.08. The van der Waals surface area contributed by atoms with Crippen LogP contribution >= 0.6 is 11.3 Å². The Labute approximate surface area is 127 Å². The molecule has 3 aromatic heterocycles. The lowest BCUT2D eigenvalue weighted by molar-refractivity contribution is 0.506. The van der Waals surface area contributed by atoms with Crippen LogP contribution in [-0.4, -0.2) is 21.3 Å². The first-order chi connectivity index (χ1) is 10.3. The Morgan fingerprint density at radius 2 is 2.10 bits per heavy atom. The molecule has 1 unspecified atom stereocenters. The van der Waals surface area contributed by atoms with E-state index >= 15 is 0 Å². The molecule has 1 aliphatic rings. The molecule has 4 rings (SSSR count). The summed E-state index contributed by atoms with van der Waals surface area (Å²) >= 11 is 1.79. The van der Waals surface area contributed by atoms with Gasteiger partial charge in [0.2, 0.25) is 0 Å². The number of thiophene rings is 1. The number of nitrogens with zero attached hydrogens (tertiary/aromatic N) is 3. The second-order valence-electron chi connectivity index (χ2n) is 5.37. The van der Waals surface area contributed by atoms with E-state index in [0.717, 1.165) is 24.6 Å². The standard InChI is InChI=1S/C16H16N4S/c1-11-2-3-15(21-11)14-8-16-18-9-13(10-20(16)19-14)12-4-6-17-7-5-12/h2-8,13,18H,9-10H2,1H3. The Balaban J connectivity index is 1.63. The highest BCUT2D eigenvalue weighted by Gasteiger charge is 2.21. The van der Waals surface area contributed by atoms with E-state index in [1.807, 2.05) is 12.4 Å². The maximum atomic E-state index is 4.76. The van der Waals surface area contributed by atoms with Crippen LogP contribution in [0, 0.1) is 6.92 Å². The second kappa shape index (κ2) is 5.00. The van der Waals surface area contributed by atoms with Crippen molar-refractivity contribution in [2.45, 2.75) is 19.4 Å². The highest BCUT2D eigenvalue weighted by molar-refractivity contribution is 7.15. The summed E-state index contributed by atoms with van der Waals surface area (Å²) in [4.78, 5) is 6.64. The molecule has 0 bridgehead atoms. The molecule has 4 nitrogen and oxygen atoms in total. The highest BCUT2D eigenvalue weighted by atomic mass is 32.1. The number of hydrogen-bond acceptors (Lipinski definition) is 4. The Morgan fingerprint density at radius 3 is 2.86 bits per heavy atom. The van der Waals surface area contributed by atoms with Crippen LogP contribution < -0.4 is 5.32 Å². The SMILES string of the molecule is Cc1ccc(-c2cc3n(n2)CC(c2ccncc2)CN3)s1. The number of pyridine rings is 1. The molecular weight excluding hydrogens is 280 g/mol. The van der Waals surface area contributed by atoms with Crippen molar-refractivity contribution in [2.75, 3.05) is 11.9 Å². The van der Waals surface area contributed by atoms with Crippen LogP contribution in [0.4, 0.5) is 5.82 Å². The van der Waals surface area contributed by atoms with E-state index in [2.05, 4.69) is 52.2 Å². The number of aryl methyl sites for hydroxylation is 1. The van der Waals surface area contributed by atoms with Gasteiger partial charge >= 0.3 is 0 Å². The van der Waals surface area contributed by atoms with Crippen molar-refractivity contribution in [3.8, 4) is 10.6 Å². The summed E-state index contributed by atoms with van der Waals surface area (Å²) in [7, 11) is 0. The van der Waals surface area contributed by atoms with Crippen LogP contribution in [0.25, 0.3) is 10.6 Å². The van der Waals surface area contributed by atoms with Crippen LogP contribution in [0.5, 0.6) is 0 Å². The van der Waals surface area contributed by atoms with Crippen LogP contribution in [0.2, 0.25) is 0 Å². The average Bonchev–Trinajstić information content (AvgIpc) is 3.13. The zero-order valence-electron chi connectivity index (χ0n) is 11.8. The molecule has 1 atom stereocenters. The maximum absolute atomic E-state index is 4.76. The van der Waals surface area contributed by atoms with Gasteiger partial charge in [0.25, 0.3) is 0 Å². The minimum Gasteiger partial charge on any atom is -0.370 e. The lowest BCUT2D eigenvalue weighted by Crippen LogP contribution is -2.26. The van der Waals surface area contributed by atoms with E-state index in [4.69, 9.17) is 5.10 Å². The van der Waals surface area contributed by atoms with Crippen molar-refractivity contribution in [1.29, 1.82) is 0 Å². The summed E-state index contributed by atoms with van der Waals surface area (Å²) in [5, 5.41) is 8.25. The number of hydrogen-bond donors (Lipinski definition) is 1. The smallest absolute Gasteiger partial charge is 0.124 e. The summed E-state index contributed by atoms with van der Waals surface area (Å²) in [5.41, 5.74) is 2.37. The Bertz CT molecular complexity index is 760. The van der Waals surface area contributed by atoms with Gasteiger partial charge in [0.05, 0.1) is 11.4 Å². The quantitative estimate of drug-likeness (QED) is 0.786. The number of rotatable bonds is 2. The number of anilines is 1. The van der Waals surface area contributed by atoms with Crippen molar-refractivity contribution < 1.29 is 0 Å². The zero-order chi connectivity index (χ0) is 14.2. The minimum atomic E-state index is 0.443. The highest BCUT2D eigenvalue weighted by Crippen LogP contribution is 2.32. The Morgan fingerprint density at radius 1 is 1.24 bits per heavy atom. The fraction of sp³-hybridized carbons (Fsp3) is 0.250. The van der Waals surface area contributed by atoms with Gasteiger partial charge in [-0.1, -0.05) is 0 Å². The molecule has 0 fully saturated rings. The van der Waals surface area contributed by atoms with Gasteiger partial charge in [-0.25, -0.2) is 4.68 Å². The molecule has 0 aliphatic carbocycles. The lowest BCUT2D eigenvalue weighted by Gasteiger charge is -2.24. The molecule has 21 heavy (non-hydrogen) atoms. The molecule has 106 valence electrons. The van der Waals surface area contributed by atoms with Crippen molar-refractivity contribution in [1.82, 2.24) is 14.8 Å². The third kappa shape index (κ3) is 2.34. The summed E-state index contributed by atoms with van der Waals surface area (Å²) in [6.07, 6.45) is 3.71. The number of nitrogens with one attached hydrogen (secondary N) is 1. The molecule has 0 amide bonds. The minimum absolute atomic E-state index is 0.443. The van der Waals surface area contributed by atoms with Gasteiger partial charge in [0, 0.05) is 35.8 Å². The third-order valence-electron chi connectivity index (χ3n) is 3.87. The van der Waals surface area contributed by atoms with Gasteiger partial charge in [-0.15, -0.1) is 11.3 Å². The fourth-order valence-electron chi connectivity index (χ4n) is 2.75. The van der Waals surface area contributed by atoms with E-state index in [1.54, 1.807) is 11.3 Å². The molecule has 1 aliphatic heterocycles. The first-order valence-electron chi connectivity index (χ1n) is 7.08. The normalized spacial score (nSPS) is 17.3. The van der Waals surface area contributed by atoms with Crippen LogP contribution in [-0.2, 0) is 6.54 Å². The van der Waals surface area contributed by atoms with Gasteiger partial charge in [0.1, 0.15) is 11.5 Å². The van der Waals surface area contributed by atoms with E-state index in [0.29, 0.717) is 5.92 Å². The second-order valence-corrected chi connectivity index (χ2v) is 6.65. The first kappa shape index (κ1) is 12.6. The fourth-order valence-corrected chi connectivity index (χ4v) is 3.57. The molecule has 1 N–H and O–H groups in total. The van der Waals surface area contributed by atoms with Crippen LogP contribution in [0.15, 0.2) is 42.7 Å². The molecule has 0 saturated carbocycles. The number of fused-ring (bicyclic) bond motifs is 1. The van der Waals surface area contributed by atoms with Crippen molar-refractivity contribution in [3.63, 3.8) is 0 Å². The van der Waals surface area contributed by atoms with Gasteiger partial charge in [-0.3, -0.25) is 4.98 Å². The molecule has 0 spiro atoms. The first-order valence-corrected chi connectivity index (χ1v) is 7.90. The van der Waals surface area contributed by atoms with E-state index in [-0.39, 0.29) is 0 Å². The zero-order valence-corrected chi connectivity index (χ0v) is 12.6. The van der Waals surface area contributed by atoms with E-state index in [9.17, 15) is 0 Å². The van der Waals surface area contributed by atoms with Gasteiger partial charge in [0.15, 0.2) is 0 Å². The Kier molecular flexibility index (Phi) is 3.00. The molecule has 0 saturated heterocycles. The van der Waals surface area contributed by atoms with Gasteiger partial charge in [-0.2, -0.15) is 5.10 Å². The molecule has 0 radical (unpaired) electrons. The monoisotopic (exact) mass is 296 g/mol. The van der Waals surface area contributed by atoms with Crippen molar-refractivity contribution in [3.05, 3.63) is 53.2 Å². The van der Waals surface area contributed by atoms with E-state index < -0.39 is 0 Å². The molecule has 4 heterocycles. The van der Waals surface area contributed by atoms with E-state index in [1.165, 1.54) is 15.3 Å². The van der Waals surface area contributed by atoms with Gasteiger partial charge < -0.3 is 5.32 Å². The third-order valence-corrected chi connectivity index (χ3v) is 4.90. The van der Waals surface area contributed by atoms with Gasteiger partial charge in [-0.05, 0) is 36.8 Å². The summed E-state index contributed by atoms with van der Waals surface area (Å²) in [5.74, 6) is 1.56. The average molecular weight is 296 g/mol. The lowest BCUT2D eigenvalue weighted by atomic mass is 9.99. The summed E-state index contributed by atoms with van der Waals surface area (Å²) in [6, 6.07) is 10.6. The predicted molar refractivity (Wildman–Crippen MR) is 85.7 cm³/mol. The maximum Gasteiger partial charge on any atom is 0.124 e. The molecule has 0 aromatic carbocycles. The van der Waals surface area contributed by atoms with Crippen molar-refractivity contribution in [2.24, 2.45) is 0 Å².